The van der Waals surface area contributed by atoms with Crippen molar-refractivity contribution in [3.8, 4) is 0 Å². The van der Waals surface area contributed by atoms with Gasteiger partial charge in [0.2, 0.25) is 0 Å². The third kappa shape index (κ3) is 79.5. The van der Waals surface area contributed by atoms with Crippen LogP contribution >= 0.6 is 0 Å². The van der Waals surface area contributed by atoms with Gasteiger partial charge in [-0.1, -0.05) is 267 Å². The molecule has 0 aliphatic rings. The van der Waals surface area contributed by atoms with Gasteiger partial charge in [-0.25, -0.2) is 0 Å². The molecule has 0 amide bonds. The molecule has 10 rings (SSSR count). The van der Waals surface area contributed by atoms with E-state index in [-0.39, 0.29) is 318 Å². The zero-order chi connectivity index (χ0) is 56.4. The van der Waals surface area contributed by atoms with E-state index in [1.165, 1.54) is 89.0 Å². The molecule has 513 valence electrons. The molecular weight excluding hydrogens is 1680 g/mol. The van der Waals surface area contributed by atoms with E-state index in [0.717, 1.165) is 0 Å². The Kier molecular flexibility index (Phi) is 147. The van der Waals surface area contributed by atoms with Gasteiger partial charge in [-0.3, -0.25) is 0 Å². The van der Waals surface area contributed by atoms with Gasteiger partial charge < -0.3 is 89.1 Å². The Morgan fingerprint density at radius 1 is 0.105 bits per heavy atom. The summed E-state index contributed by atoms with van der Waals surface area (Å²) in [5, 5.41) is 0. The zero-order valence-electron chi connectivity index (χ0n) is 65.4. The van der Waals surface area contributed by atoms with Crippen molar-refractivity contribution in [1.29, 1.82) is 0 Å². The van der Waals surface area contributed by atoms with Crippen molar-refractivity contribution in [3.05, 3.63) is 445 Å². The Morgan fingerprint density at radius 2 is 0.168 bits per heavy atom. The summed E-state index contributed by atoms with van der Waals surface area (Å²) in [6.07, 6.45) is 0. The molecule has 0 atom stereocenters. The van der Waals surface area contributed by atoms with Crippen molar-refractivity contribution < 1.29 is 229 Å². The van der Waals surface area contributed by atoms with Crippen LogP contribution in [-0.4, -0.2) is 0 Å². The fraction of sp³-hybridized carbons (Fsp3) is 0.182. The number of benzene rings is 10. The molecule has 10 aromatic rings. The number of hydrogen-bond acceptors (Lipinski definition) is 0. The van der Waals surface area contributed by atoms with Gasteiger partial charge in [-0.2, -0.15) is 0 Å². The molecule has 0 N–H and O–H groups in total. The molecular formula is C88H128Y7-12. The van der Waals surface area contributed by atoms with Gasteiger partial charge >= 0.3 is 0 Å². The molecule has 0 saturated heterocycles. The first-order chi connectivity index (χ1) is 36.4. The Balaban J connectivity index is -0.0000000390. The normalized spacial score (nSPS) is 7.24. The summed E-state index contributed by atoms with van der Waals surface area (Å²) in [6, 6.07) is 90.6. The van der Waals surface area contributed by atoms with E-state index in [9.17, 15) is 0 Å². The van der Waals surface area contributed by atoms with Crippen LogP contribution in [0.2, 0.25) is 0 Å². The summed E-state index contributed by atoms with van der Waals surface area (Å²) >= 11 is 0. The predicted molar refractivity (Wildman–Crippen MR) is 417 cm³/mol. The first-order valence-corrected chi connectivity index (χ1v) is 26.6. The summed E-state index contributed by atoms with van der Waals surface area (Å²) in [6.45, 7) is 34.1. The second kappa shape index (κ2) is 96.0. The number of rotatable bonds is 0. The van der Waals surface area contributed by atoms with E-state index >= 15 is 0 Å². The van der Waals surface area contributed by atoms with Gasteiger partial charge in [0, 0.05) is 229 Å². The van der Waals surface area contributed by atoms with E-state index in [1.807, 2.05) is 109 Å². The van der Waals surface area contributed by atoms with E-state index in [2.05, 4.69) is 269 Å². The van der Waals surface area contributed by atoms with Crippen molar-refractivity contribution in [2.45, 2.75) is 111 Å². The molecule has 0 bridgehead atoms. The average molecular weight is 1810 g/mol. The SMILES string of the molecule is Cc1cc(C)c(C)cc1C.Cc1ccccc1C.Cc1ccccc1C.Cc1ccccc1C.Cc1ccccc1C.Cc1ccccc1C.Cc1ccccc1C.[CH3-].[CH3-].[CH3-].[CH3-].[CH3-].[CH3-].[CH3-].[CH3-].[CH3-].[CH3-].[CH3-].[CH3-].[Y].[Y].[Y].[Y].[Y].[Y].[Y].c1ccccc1.c1ccccc1.c1ccccc1. The molecule has 0 spiro atoms. The molecule has 0 aliphatic carbocycles. The molecule has 0 heterocycles. The van der Waals surface area contributed by atoms with Crippen LogP contribution in [0.15, 0.2) is 267 Å². The van der Waals surface area contributed by atoms with E-state index in [1.54, 1.807) is 0 Å². The van der Waals surface area contributed by atoms with Crippen LogP contribution in [0.4, 0.5) is 0 Å². The van der Waals surface area contributed by atoms with Gasteiger partial charge in [-0.05, 0) is 200 Å². The first-order valence-electron chi connectivity index (χ1n) is 26.6. The molecule has 95 heavy (non-hydrogen) atoms. The Hall–Kier alpha value is -0.0727. The van der Waals surface area contributed by atoms with Crippen LogP contribution < -0.4 is 0 Å². The summed E-state index contributed by atoms with van der Waals surface area (Å²) in [4.78, 5) is 0. The van der Waals surface area contributed by atoms with Gasteiger partial charge in [0.15, 0.2) is 0 Å². The molecule has 0 aliphatic heterocycles. The minimum absolute atomic E-state index is 0. The van der Waals surface area contributed by atoms with Crippen LogP contribution in [0, 0.1) is 200 Å². The topological polar surface area (TPSA) is 0 Å². The molecule has 7 heteroatoms. The fourth-order valence-corrected chi connectivity index (χ4v) is 6.24. The molecule has 7 radical (unpaired) electrons. The van der Waals surface area contributed by atoms with Crippen LogP contribution in [0.1, 0.15) is 89.0 Å². The summed E-state index contributed by atoms with van der Waals surface area (Å²) in [7, 11) is 0. The third-order valence-electron chi connectivity index (χ3n) is 12.7. The average Bonchev–Trinajstić information content (AvgIpc) is 2.63. The maximum atomic E-state index is 2.24. The summed E-state index contributed by atoms with van der Waals surface area (Å²) in [5.41, 5.74) is 22.0. The van der Waals surface area contributed by atoms with E-state index in [0.29, 0.717) is 0 Å². The van der Waals surface area contributed by atoms with Crippen molar-refractivity contribution >= 4 is 0 Å². The second-order valence-electron chi connectivity index (χ2n) is 19.0. The quantitative estimate of drug-likeness (QED) is 0.133. The van der Waals surface area contributed by atoms with Gasteiger partial charge in [0.25, 0.3) is 0 Å². The third-order valence-corrected chi connectivity index (χ3v) is 12.7. The Morgan fingerprint density at radius 3 is 0.221 bits per heavy atom. The molecule has 0 saturated carbocycles. The predicted octanol–water partition coefficient (Wildman–Crippen LogP) is 27.2. The van der Waals surface area contributed by atoms with Crippen LogP contribution in [-0.2, 0) is 229 Å². The largest absolute Gasteiger partial charge is 0.358 e. The second-order valence-corrected chi connectivity index (χ2v) is 19.0. The van der Waals surface area contributed by atoms with Crippen molar-refractivity contribution in [1.82, 2.24) is 0 Å². The fourth-order valence-electron chi connectivity index (χ4n) is 6.24. The monoisotopic (exact) mass is 1810 g/mol. The standard InChI is InChI=1S/C10H14.6C8H10.3C6H6.12CH3.7Y/c1-7-5-9(3)10(4)6-8(7)2;6*1-7-5-3-4-6-8(7)2;3*1-2-4-6-5-3-1;;;;;;;;;;;;;;;;;;;/h5-6H,1-4H3;6*3-6H,1-2H3;3*1-6H;12*1H3;;;;;;;/q;;;;;;;;;;12*-1;;;;;;;. The van der Waals surface area contributed by atoms with Crippen LogP contribution in [0.25, 0.3) is 0 Å². The van der Waals surface area contributed by atoms with Crippen molar-refractivity contribution in [3.63, 3.8) is 0 Å². The maximum Gasteiger partial charge on any atom is 0 e. The number of hydrogen-bond donors (Lipinski definition) is 0. The maximum absolute atomic E-state index is 2.24. The number of aryl methyl sites for hydroxylation is 16. The van der Waals surface area contributed by atoms with E-state index in [4.69, 9.17) is 0 Å². The molecule has 10 aromatic carbocycles. The minimum atomic E-state index is 0. The minimum Gasteiger partial charge on any atom is -0.358 e. The first kappa shape index (κ1) is 145. The molecule has 0 aromatic heterocycles. The van der Waals surface area contributed by atoms with E-state index < -0.39 is 0 Å². The smallest absolute Gasteiger partial charge is 0 e. The van der Waals surface area contributed by atoms with Gasteiger partial charge in [0.1, 0.15) is 0 Å². The zero-order valence-corrected chi connectivity index (χ0v) is 85.3. The molecule has 0 nitrogen and oxygen atoms in total. The Labute approximate surface area is 772 Å². The Bertz CT molecular complexity index is 2330. The van der Waals surface area contributed by atoms with Gasteiger partial charge in [-0.15, -0.1) is 0 Å². The van der Waals surface area contributed by atoms with Crippen molar-refractivity contribution in [2.75, 3.05) is 0 Å². The van der Waals surface area contributed by atoms with Gasteiger partial charge in [0.05, 0.1) is 0 Å². The molecule has 0 fully saturated rings. The summed E-state index contributed by atoms with van der Waals surface area (Å²) < 4.78 is 0. The summed E-state index contributed by atoms with van der Waals surface area (Å²) in [5.74, 6) is 0. The van der Waals surface area contributed by atoms with Crippen LogP contribution in [0.3, 0.4) is 0 Å². The van der Waals surface area contributed by atoms with Crippen LogP contribution in [0.5, 0.6) is 0 Å². The van der Waals surface area contributed by atoms with Crippen molar-refractivity contribution in [2.24, 2.45) is 0 Å². The molecule has 0 unspecified atom stereocenters.